The Balaban J connectivity index is 3.15. The van der Waals surface area contributed by atoms with Gasteiger partial charge in [-0.2, -0.15) is 0 Å². The van der Waals surface area contributed by atoms with E-state index in [9.17, 15) is 8.42 Å². The van der Waals surface area contributed by atoms with Crippen LogP contribution in [0.4, 0.5) is 0 Å². The van der Waals surface area contributed by atoms with Gasteiger partial charge in [0, 0.05) is 0 Å². The molecular weight excluding hydrogens is 230 g/mol. The molecule has 6 heteroatoms. The van der Waals surface area contributed by atoms with Crippen molar-refractivity contribution in [2.75, 3.05) is 7.05 Å². The van der Waals surface area contributed by atoms with Gasteiger partial charge in [0.15, 0.2) is 0 Å². The second-order valence-electron chi connectivity index (χ2n) is 2.17. The third-order valence-corrected chi connectivity index (χ3v) is 4.72. The lowest BCUT2D eigenvalue weighted by Crippen LogP contribution is -2.03. The van der Waals surface area contributed by atoms with Crippen molar-refractivity contribution >= 4 is 31.5 Å². The van der Waals surface area contributed by atoms with Crippen molar-refractivity contribution in [3.63, 3.8) is 0 Å². The Hall–Kier alpha value is -0.230. The summed E-state index contributed by atoms with van der Waals surface area (Å²) in [6, 6.07) is 6.34. The first kappa shape index (κ1) is 10.8. The van der Waals surface area contributed by atoms with Crippen LogP contribution in [0.5, 0.6) is 0 Å². The van der Waals surface area contributed by atoms with E-state index in [1.807, 2.05) is 0 Å². The number of hydrogen-bond donors (Lipinski definition) is 1. The van der Waals surface area contributed by atoms with Crippen LogP contribution in [0.15, 0.2) is 29.2 Å². The molecule has 0 aliphatic rings. The molecule has 1 aromatic rings. The first-order valence-electron chi connectivity index (χ1n) is 3.42. The van der Waals surface area contributed by atoms with Crippen molar-refractivity contribution in [1.82, 2.24) is 4.72 Å². The van der Waals surface area contributed by atoms with Gasteiger partial charge in [-0.05, 0) is 19.2 Å². The molecule has 0 saturated carbocycles. The van der Waals surface area contributed by atoms with Gasteiger partial charge >= 0.3 is 0 Å². The first-order chi connectivity index (χ1) is 6.08. The van der Waals surface area contributed by atoms with E-state index in [1.165, 1.54) is 6.07 Å². The summed E-state index contributed by atoms with van der Waals surface area (Å²) in [6.45, 7) is 0. The summed E-state index contributed by atoms with van der Waals surface area (Å²) in [4.78, 5) is 0.135. The fraction of sp³-hybridized carbons (Fsp3) is 0.143. The van der Waals surface area contributed by atoms with Gasteiger partial charge < -0.3 is 0 Å². The maximum Gasteiger partial charge on any atom is 0.245 e. The number of nitrogens with one attached hydrogen (secondary N) is 1. The molecule has 1 N–H and O–H groups in total. The second-order valence-corrected chi connectivity index (χ2v) is 6.32. The molecular formula is C7H8ClNO2S2. The molecule has 0 radical (unpaired) electrons. The molecule has 0 bridgehead atoms. The summed E-state index contributed by atoms with van der Waals surface area (Å²) in [5, 5.41) is 0.241. The predicted octanol–water partition coefficient (Wildman–Crippen LogP) is 1.90. The van der Waals surface area contributed by atoms with Gasteiger partial charge in [0.2, 0.25) is 8.87 Å². The summed E-state index contributed by atoms with van der Waals surface area (Å²) < 4.78 is 25.4. The molecule has 1 rings (SSSR count). The van der Waals surface area contributed by atoms with Crippen molar-refractivity contribution in [3.8, 4) is 0 Å². The van der Waals surface area contributed by atoms with Crippen LogP contribution in [-0.4, -0.2) is 15.5 Å². The molecule has 3 nitrogen and oxygen atoms in total. The zero-order valence-corrected chi connectivity index (χ0v) is 9.21. The third-order valence-electron chi connectivity index (χ3n) is 1.30. The first-order valence-corrected chi connectivity index (χ1v) is 6.62. The van der Waals surface area contributed by atoms with Gasteiger partial charge in [0.1, 0.15) is 0 Å². The molecule has 13 heavy (non-hydrogen) atoms. The number of hydrogen-bond acceptors (Lipinski definition) is 4. The monoisotopic (exact) mass is 237 g/mol. The maximum absolute atomic E-state index is 11.5. The van der Waals surface area contributed by atoms with Gasteiger partial charge in [-0.1, -0.05) is 23.7 Å². The molecule has 0 amide bonds. The van der Waals surface area contributed by atoms with E-state index < -0.39 is 8.87 Å². The summed E-state index contributed by atoms with van der Waals surface area (Å²) in [7, 11) is -1.19. The second kappa shape index (κ2) is 4.32. The van der Waals surface area contributed by atoms with E-state index >= 15 is 0 Å². The minimum absolute atomic E-state index is 0.135. The lowest BCUT2D eigenvalue weighted by atomic mass is 10.4. The van der Waals surface area contributed by atoms with Gasteiger partial charge in [-0.15, -0.1) is 0 Å². The van der Waals surface area contributed by atoms with E-state index in [0.29, 0.717) is 11.0 Å². The van der Waals surface area contributed by atoms with E-state index in [0.717, 1.165) is 0 Å². The fourth-order valence-electron chi connectivity index (χ4n) is 0.802. The fourth-order valence-corrected chi connectivity index (χ4v) is 3.60. The van der Waals surface area contributed by atoms with Crippen LogP contribution in [0, 0.1) is 0 Å². The molecule has 0 aliphatic heterocycles. The Morgan fingerprint density at radius 3 is 2.54 bits per heavy atom. The highest BCUT2D eigenvalue weighted by Gasteiger charge is 2.17. The number of halogens is 1. The van der Waals surface area contributed by atoms with E-state index in [1.54, 1.807) is 25.2 Å². The van der Waals surface area contributed by atoms with Crippen molar-refractivity contribution in [3.05, 3.63) is 29.3 Å². The van der Waals surface area contributed by atoms with Crippen molar-refractivity contribution in [2.45, 2.75) is 4.90 Å². The average molecular weight is 238 g/mol. The Morgan fingerprint density at radius 1 is 1.38 bits per heavy atom. The van der Waals surface area contributed by atoms with E-state index in [2.05, 4.69) is 4.72 Å². The number of benzene rings is 1. The molecule has 72 valence electrons. The Morgan fingerprint density at radius 2 is 2.00 bits per heavy atom. The number of rotatable bonds is 3. The van der Waals surface area contributed by atoms with Crippen molar-refractivity contribution in [2.24, 2.45) is 0 Å². The molecule has 1 aromatic carbocycles. The largest absolute Gasteiger partial charge is 0.253 e. The quantitative estimate of drug-likeness (QED) is 0.644. The van der Waals surface area contributed by atoms with Crippen LogP contribution >= 0.6 is 22.6 Å². The molecule has 0 aromatic heterocycles. The molecule has 0 spiro atoms. The highest BCUT2D eigenvalue weighted by molar-refractivity contribution is 8.71. The zero-order valence-electron chi connectivity index (χ0n) is 6.82. The zero-order chi connectivity index (χ0) is 9.90. The van der Waals surface area contributed by atoms with Crippen LogP contribution in [0.25, 0.3) is 0 Å². The maximum atomic E-state index is 11.5. The van der Waals surface area contributed by atoms with Crippen molar-refractivity contribution < 1.29 is 8.42 Å². The normalized spacial score (nSPS) is 11.5. The molecule has 0 fully saturated rings. The minimum Gasteiger partial charge on any atom is -0.253 e. The Bertz CT molecular complexity index is 391. The van der Waals surface area contributed by atoms with Crippen LogP contribution in [0.3, 0.4) is 0 Å². The minimum atomic E-state index is -3.37. The lowest BCUT2D eigenvalue weighted by molar-refractivity contribution is 0.610. The van der Waals surface area contributed by atoms with Gasteiger partial charge in [-0.3, -0.25) is 4.72 Å². The van der Waals surface area contributed by atoms with Crippen LogP contribution in [0.1, 0.15) is 0 Å². The molecule has 0 aliphatic carbocycles. The standard InChI is InChI=1S/C7H8ClNO2S2/c1-9-12-13(10,11)7-5-3-2-4-6(7)8/h2-5,9H,1H3. The summed E-state index contributed by atoms with van der Waals surface area (Å²) in [5.74, 6) is 0. The highest BCUT2D eigenvalue weighted by Crippen LogP contribution is 2.26. The lowest BCUT2D eigenvalue weighted by Gasteiger charge is -2.03. The Labute approximate surface area is 85.9 Å². The van der Waals surface area contributed by atoms with Gasteiger partial charge in [0.25, 0.3) is 0 Å². The van der Waals surface area contributed by atoms with Crippen LogP contribution in [0.2, 0.25) is 5.02 Å². The molecule has 0 atom stereocenters. The molecule has 0 heterocycles. The smallest absolute Gasteiger partial charge is 0.245 e. The summed E-state index contributed by atoms with van der Waals surface area (Å²) in [5.41, 5.74) is 0. The van der Waals surface area contributed by atoms with Crippen LogP contribution in [-0.2, 0) is 8.87 Å². The molecule has 0 saturated heterocycles. The average Bonchev–Trinajstić information content (AvgIpc) is 2.04. The van der Waals surface area contributed by atoms with Gasteiger partial charge in [0.05, 0.1) is 20.9 Å². The van der Waals surface area contributed by atoms with Crippen molar-refractivity contribution in [1.29, 1.82) is 0 Å². The SMILES string of the molecule is CNSS(=O)(=O)c1ccccc1Cl. The van der Waals surface area contributed by atoms with Crippen LogP contribution < -0.4 is 4.72 Å². The van der Waals surface area contributed by atoms with E-state index in [4.69, 9.17) is 11.6 Å². The topological polar surface area (TPSA) is 46.2 Å². The summed E-state index contributed by atoms with van der Waals surface area (Å²) in [6.07, 6.45) is 0. The Kier molecular flexibility index (Phi) is 3.61. The molecule has 0 unspecified atom stereocenters. The highest BCUT2D eigenvalue weighted by atomic mass is 35.5. The third kappa shape index (κ3) is 2.60. The van der Waals surface area contributed by atoms with E-state index in [-0.39, 0.29) is 9.92 Å². The van der Waals surface area contributed by atoms with Gasteiger partial charge in [-0.25, -0.2) is 8.42 Å². The summed E-state index contributed by atoms with van der Waals surface area (Å²) >= 11 is 5.72. The predicted molar refractivity (Wildman–Crippen MR) is 55.3 cm³/mol.